The summed E-state index contributed by atoms with van der Waals surface area (Å²) in [5, 5.41) is 6.50. The van der Waals surface area contributed by atoms with E-state index in [0.717, 1.165) is 5.56 Å². The fourth-order valence-electron chi connectivity index (χ4n) is 0.928. The maximum absolute atomic E-state index is 10.3. The van der Waals surface area contributed by atoms with Crippen LogP contribution in [-0.2, 0) is 13.1 Å². The highest BCUT2D eigenvalue weighted by molar-refractivity contribution is 5.71. The number of hydrogen-bond donors (Lipinski definition) is 3. The Bertz CT molecular complexity index is 282. The molecule has 6 nitrogen and oxygen atoms in total. The molecule has 0 spiro atoms. The minimum atomic E-state index is -0.522. The summed E-state index contributed by atoms with van der Waals surface area (Å²) < 4.78 is 1.71. The lowest BCUT2D eigenvalue weighted by Gasteiger charge is -2.01. The molecule has 1 aromatic heterocycles. The third kappa shape index (κ3) is 3.12. The molecule has 0 saturated heterocycles. The van der Waals surface area contributed by atoms with Crippen LogP contribution in [0.5, 0.6) is 0 Å². The molecule has 0 aliphatic rings. The Morgan fingerprint density at radius 1 is 1.69 bits per heavy atom. The van der Waals surface area contributed by atoms with Gasteiger partial charge in [-0.15, -0.1) is 0 Å². The zero-order valence-electron chi connectivity index (χ0n) is 7.23. The molecule has 0 aliphatic heterocycles. The first kappa shape index (κ1) is 9.53. The number of carbonyl (C=O) groups is 1. The van der Waals surface area contributed by atoms with Crippen LogP contribution in [0.3, 0.4) is 0 Å². The lowest BCUT2D eigenvalue weighted by molar-refractivity contribution is 0.248. The molecule has 0 unspecified atom stereocenters. The van der Waals surface area contributed by atoms with Crippen molar-refractivity contribution in [3.05, 3.63) is 18.0 Å². The third-order valence-corrected chi connectivity index (χ3v) is 1.56. The highest BCUT2D eigenvalue weighted by atomic mass is 16.2. The molecule has 6 heteroatoms. The van der Waals surface area contributed by atoms with Crippen LogP contribution in [0.2, 0.25) is 0 Å². The van der Waals surface area contributed by atoms with Crippen LogP contribution in [0.4, 0.5) is 4.79 Å². The van der Waals surface area contributed by atoms with Gasteiger partial charge in [0.05, 0.1) is 12.7 Å². The van der Waals surface area contributed by atoms with Gasteiger partial charge in [0, 0.05) is 24.8 Å². The van der Waals surface area contributed by atoms with Crippen molar-refractivity contribution in [2.45, 2.75) is 13.1 Å². The first-order valence-electron chi connectivity index (χ1n) is 3.97. The topological polar surface area (TPSA) is 99.0 Å². The number of nitrogens with zero attached hydrogens (tertiary/aromatic N) is 2. The van der Waals surface area contributed by atoms with E-state index in [1.807, 2.05) is 6.20 Å². The Hall–Kier alpha value is -1.56. The standard InChI is InChI=1S/C7H13N5O/c8-3-6-4-11-12(5-6)2-1-10-7(9)13/h4-5H,1-3,8H2,(H3,9,10,13). The van der Waals surface area contributed by atoms with Crippen LogP contribution in [0, 0.1) is 0 Å². The normalized spacial score (nSPS) is 9.92. The second-order valence-electron chi connectivity index (χ2n) is 2.61. The van der Waals surface area contributed by atoms with Crippen molar-refractivity contribution in [3.63, 3.8) is 0 Å². The second-order valence-corrected chi connectivity index (χ2v) is 2.61. The van der Waals surface area contributed by atoms with Gasteiger partial charge in [-0.3, -0.25) is 4.68 Å². The van der Waals surface area contributed by atoms with Crippen LogP contribution in [0.25, 0.3) is 0 Å². The van der Waals surface area contributed by atoms with E-state index in [0.29, 0.717) is 19.6 Å². The monoisotopic (exact) mass is 183 g/mol. The van der Waals surface area contributed by atoms with Crippen molar-refractivity contribution in [2.75, 3.05) is 6.54 Å². The van der Waals surface area contributed by atoms with Crippen LogP contribution < -0.4 is 16.8 Å². The van der Waals surface area contributed by atoms with Crippen molar-refractivity contribution in [3.8, 4) is 0 Å². The number of amides is 2. The van der Waals surface area contributed by atoms with Gasteiger partial charge in [-0.1, -0.05) is 0 Å². The van der Waals surface area contributed by atoms with Crippen molar-refractivity contribution >= 4 is 6.03 Å². The predicted octanol–water partition coefficient (Wildman–Crippen LogP) is -0.990. The molecule has 0 saturated carbocycles. The van der Waals surface area contributed by atoms with E-state index in [1.54, 1.807) is 10.9 Å². The maximum Gasteiger partial charge on any atom is 0.312 e. The quantitative estimate of drug-likeness (QED) is 0.558. The third-order valence-electron chi connectivity index (χ3n) is 1.56. The molecule has 0 bridgehead atoms. The van der Waals surface area contributed by atoms with Crippen LogP contribution in [0.15, 0.2) is 12.4 Å². The molecule has 0 fully saturated rings. The van der Waals surface area contributed by atoms with E-state index < -0.39 is 6.03 Å². The zero-order chi connectivity index (χ0) is 9.68. The summed E-state index contributed by atoms with van der Waals surface area (Å²) in [4.78, 5) is 10.3. The SMILES string of the molecule is NCc1cnn(CCNC(N)=O)c1. The molecule has 0 atom stereocenters. The average molecular weight is 183 g/mol. The number of carbonyl (C=O) groups excluding carboxylic acids is 1. The van der Waals surface area contributed by atoms with Crippen LogP contribution >= 0.6 is 0 Å². The molecule has 0 aliphatic carbocycles. The number of rotatable bonds is 4. The Morgan fingerprint density at radius 2 is 2.46 bits per heavy atom. The fourth-order valence-corrected chi connectivity index (χ4v) is 0.928. The number of nitrogens with one attached hydrogen (secondary N) is 1. The summed E-state index contributed by atoms with van der Waals surface area (Å²) >= 11 is 0. The summed E-state index contributed by atoms with van der Waals surface area (Å²) in [5.41, 5.74) is 11.3. The lowest BCUT2D eigenvalue weighted by Crippen LogP contribution is -2.32. The highest BCUT2D eigenvalue weighted by Gasteiger charge is 1.96. The number of urea groups is 1. The van der Waals surface area contributed by atoms with Crippen molar-refractivity contribution in [1.29, 1.82) is 0 Å². The molecule has 2 amide bonds. The van der Waals surface area contributed by atoms with Gasteiger partial charge in [0.15, 0.2) is 0 Å². The minimum absolute atomic E-state index is 0.473. The Balaban J connectivity index is 2.32. The van der Waals surface area contributed by atoms with E-state index in [2.05, 4.69) is 10.4 Å². The van der Waals surface area contributed by atoms with Gasteiger partial charge in [0.2, 0.25) is 0 Å². The number of hydrogen-bond acceptors (Lipinski definition) is 3. The zero-order valence-corrected chi connectivity index (χ0v) is 7.23. The van der Waals surface area contributed by atoms with Gasteiger partial charge < -0.3 is 16.8 Å². The largest absolute Gasteiger partial charge is 0.352 e. The Labute approximate surface area is 75.9 Å². The summed E-state index contributed by atoms with van der Waals surface area (Å²) in [5.74, 6) is 0. The maximum atomic E-state index is 10.3. The van der Waals surface area contributed by atoms with Crippen molar-refractivity contribution in [1.82, 2.24) is 15.1 Å². The summed E-state index contributed by atoms with van der Waals surface area (Å²) in [6.07, 6.45) is 3.53. The summed E-state index contributed by atoms with van der Waals surface area (Å²) in [6.45, 7) is 1.55. The smallest absolute Gasteiger partial charge is 0.312 e. The first-order valence-corrected chi connectivity index (χ1v) is 3.97. The average Bonchev–Trinajstić information content (AvgIpc) is 2.52. The van der Waals surface area contributed by atoms with E-state index in [1.165, 1.54) is 0 Å². The summed E-state index contributed by atoms with van der Waals surface area (Å²) in [7, 11) is 0. The van der Waals surface area contributed by atoms with E-state index in [4.69, 9.17) is 11.5 Å². The molecule has 1 aromatic rings. The molecule has 13 heavy (non-hydrogen) atoms. The van der Waals surface area contributed by atoms with Gasteiger partial charge in [0.25, 0.3) is 0 Å². The Kier molecular flexibility index (Phi) is 3.27. The predicted molar refractivity (Wildman–Crippen MR) is 47.7 cm³/mol. The van der Waals surface area contributed by atoms with Gasteiger partial charge in [-0.2, -0.15) is 5.10 Å². The Morgan fingerprint density at radius 3 is 3.00 bits per heavy atom. The first-order chi connectivity index (χ1) is 6.22. The molecule has 0 aromatic carbocycles. The number of nitrogens with two attached hydrogens (primary N) is 2. The molecule has 1 rings (SSSR count). The van der Waals surface area contributed by atoms with E-state index in [9.17, 15) is 4.79 Å². The molecule has 1 heterocycles. The van der Waals surface area contributed by atoms with Gasteiger partial charge in [-0.05, 0) is 0 Å². The lowest BCUT2D eigenvalue weighted by atomic mass is 10.4. The van der Waals surface area contributed by atoms with Crippen molar-refractivity contribution in [2.24, 2.45) is 11.5 Å². The van der Waals surface area contributed by atoms with E-state index >= 15 is 0 Å². The van der Waals surface area contributed by atoms with Crippen LogP contribution in [0.1, 0.15) is 5.56 Å². The minimum Gasteiger partial charge on any atom is -0.352 e. The van der Waals surface area contributed by atoms with Crippen LogP contribution in [-0.4, -0.2) is 22.4 Å². The number of aromatic nitrogens is 2. The fraction of sp³-hybridized carbons (Fsp3) is 0.429. The van der Waals surface area contributed by atoms with Gasteiger partial charge in [0.1, 0.15) is 0 Å². The van der Waals surface area contributed by atoms with E-state index in [-0.39, 0.29) is 0 Å². The molecule has 0 radical (unpaired) electrons. The molecule has 5 N–H and O–H groups in total. The van der Waals surface area contributed by atoms with Gasteiger partial charge in [-0.25, -0.2) is 4.79 Å². The highest BCUT2D eigenvalue weighted by Crippen LogP contribution is 1.94. The van der Waals surface area contributed by atoms with Crippen molar-refractivity contribution < 1.29 is 4.79 Å². The molecular weight excluding hydrogens is 170 g/mol. The van der Waals surface area contributed by atoms with Gasteiger partial charge >= 0.3 is 6.03 Å². The number of primary amides is 1. The molecule has 72 valence electrons. The second kappa shape index (κ2) is 4.46. The summed E-state index contributed by atoms with van der Waals surface area (Å²) in [6, 6.07) is -0.522. The molecular formula is C7H13N5O.